The van der Waals surface area contributed by atoms with Crippen molar-refractivity contribution in [2.75, 3.05) is 13.1 Å². The van der Waals surface area contributed by atoms with E-state index < -0.39 is 20.0 Å². The first-order chi connectivity index (χ1) is 10.2. The summed E-state index contributed by atoms with van der Waals surface area (Å²) >= 11 is 0. The van der Waals surface area contributed by atoms with Gasteiger partial charge in [-0.3, -0.25) is 0 Å². The topological polar surface area (TPSA) is 59.0 Å². The van der Waals surface area contributed by atoms with Crippen LogP contribution < -0.4 is 0 Å². The number of hydrogen-bond acceptors (Lipinski definition) is 4. The van der Waals surface area contributed by atoms with E-state index in [9.17, 15) is 9.90 Å². The van der Waals surface area contributed by atoms with Gasteiger partial charge in [0.05, 0.1) is 18.8 Å². The van der Waals surface area contributed by atoms with Gasteiger partial charge in [0.25, 0.3) is 0 Å². The van der Waals surface area contributed by atoms with Crippen LogP contribution in [0.1, 0.15) is 54.4 Å². The molecule has 0 radical (unpaired) electrons. The second-order valence-corrected chi connectivity index (χ2v) is 13.8. The van der Waals surface area contributed by atoms with Crippen LogP contribution in [0.15, 0.2) is 0 Å². The Hall–Kier alpha value is -0.593. The van der Waals surface area contributed by atoms with Gasteiger partial charge in [0.15, 0.2) is 8.32 Å². The lowest BCUT2D eigenvalue weighted by atomic mass is 10.1. The molecule has 6 heteroatoms. The normalized spacial score (nSPS) is 24.3. The van der Waals surface area contributed by atoms with Gasteiger partial charge >= 0.3 is 6.09 Å². The first-order valence-corrected chi connectivity index (χ1v) is 11.5. The lowest BCUT2D eigenvalue weighted by Crippen LogP contribution is -2.49. The van der Waals surface area contributed by atoms with Gasteiger partial charge in [0, 0.05) is 6.54 Å². The Kier molecular flexibility index (Phi) is 6.32. The molecule has 1 fully saturated rings. The van der Waals surface area contributed by atoms with Crippen LogP contribution in [0.4, 0.5) is 4.79 Å². The summed E-state index contributed by atoms with van der Waals surface area (Å²) in [4.78, 5) is 13.8. The van der Waals surface area contributed by atoms with Crippen molar-refractivity contribution in [3.63, 3.8) is 0 Å². The van der Waals surface area contributed by atoms with E-state index in [0.29, 0.717) is 6.54 Å². The third-order valence-electron chi connectivity index (χ3n) is 4.66. The molecule has 0 aromatic rings. The Balaban J connectivity index is 2.72. The zero-order valence-corrected chi connectivity index (χ0v) is 17.1. The number of β-amino-alcohol motifs (C(OH)–C–C–N with tert-alkyl or cyclic N) is 1. The maximum absolute atomic E-state index is 12.2. The lowest BCUT2D eigenvalue weighted by Gasteiger charge is -2.40. The van der Waals surface area contributed by atoms with Gasteiger partial charge in [0.2, 0.25) is 0 Å². The molecular weight excluding hydrogens is 310 g/mol. The smallest absolute Gasteiger partial charge is 0.410 e. The molecule has 0 unspecified atom stereocenters. The number of carbonyl (C=O) groups is 1. The van der Waals surface area contributed by atoms with Crippen molar-refractivity contribution >= 4 is 14.4 Å². The van der Waals surface area contributed by atoms with Gasteiger partial charge in [-0.2, -0.15) is 0 Å². The molecule has 2 atom stereocenters. The number of ether oxygens (including phenoxy) is 1. The maximum atomic E-state index is 12.2. The van der Waals surface area contributed by atoms with Gasteiger partial charge in [0.1, 0.15) is 5.60 Å². The van der Waals surface area contributed by atoms with Crippen molar-refractivity contribution in [3.8, 4) is 0 Å². The predicted octanol–water partition coefficient (Wildman–Crippen LogP) is 3.77. The molecule has 0 aromatic heterocycles. The van der Waals surface area contributed by atoms with Crippen LogP contribution in [-0.2, 0) is 9.16 Å². The fourth-order valence-corrected chi connectivity index (χ4v) is 3.68. The van der Waals surface area contributed by atoms with Crippen LogP contribution in [0.25, 0.3) is 0 Å². The molecule has 1 aliphatic rings. The van der Waals surface area contributed by atoms with Crippen molar-refractivity contribution < 1.29 is 19.1 Å². The molecule has 1 rings (SSSR count). The van der Waals surface area contributed by atoms with E-state index in [-0.39, 0.29) is 23.8 Å². The highest BCUT2D eigenvalue weighted by Gasteiger charge is 2.41. The fraction of sp³-hybridized carbons (Fsp3) is 0.941. The van der Waals surface area contributed by atoms with Crippen molar-refractivity contribution in [2.45, 2.75) is 90.3 Å². The molecule has 1 N–H and O–H groups in total. The molecule has 1 heterocycles. The van der Waals surface area contributed by atoms with Crippen LogP contribution in [0.3, 0.4) is 0 Å². The van der Waals surface area contributed by atoms with Gasteiger partial charge < -0.3 is 19.2 Å². The standard InChI is InChI=1S/C17H35NO4Si/c1-16(2,3)21-15(20)18-11-9-10-14(13(19)12-18)22-23(7,8)17(4,5)6/h13-14,19H,9-12H2,1-8H3/t13-,14+/m0/s1. The van der Waals surface area contributed by atoms with Crippen LogP contribution in [0, 0.1) is 0 Å². The van der Waals surface area contributed by atoms with E-state index in [0.717, 1.165) is 12.8 Å². The SMILES string of the molecule is CC(C)(C)OC(=O)N1CCC[C@@H](O[Si](C)(C)C(C)(C)C)[C@@H](O)C1. The molecule has 23 heavy (non-hydrogen) atoms. The number of carbonyl (C=O) groups excluding carboxylic acids is 1. The number of amides is 1. The zero-order chi connectivity index (χ0) is 18.1. The Bertz CT molecular complexity index is 412. The first-order valence-electron chi connectivity index (χ1n) is 8.57. The van der Waals surface area contributed by atoms with Crippen molar-refractivity contribution in [1.29, 1.82) is 0 Å². The molecule has 1 amide bonds. The van der Waals surface area contributed by atoms with Crippen molar-refractivity contribution in [1.82, 2.24) is 4.90 Å². The molecule has 0 bridgehead atoms. The third-order valence-corrected chi connectivity index (χ3v) is 9.16. The summed E-state index contributed by atoms with van der Waals surface area (Å²) in [5.41, 5.74) is -0.522. The van der Waals surface area contributed by atoms with Gasteiger partial charge in [-0.05, 0) is 51.7 Å². The highest BCUT2D eigenvalue weighted by Crippen LogP contribution is 2.38. The summed E-state index contributed by atoms with van der Waals surface area (Å²) in [5.74, 6) is 0. The number of likely N-dealkylation sites (tertiary alicyclic amines) is 1. The number of hydrogen-bond donors (Lipinski definition) is 1. The number of nitrogens with zero attached hydrogens (tertiary/aromatic N) is 1. The molecule has 136 valence electrons. The second-order valence-electron chi connectivity index (χ2n) is 9.05. The Morgan fingerprint density at radius 3 is 2.22 bits per heavy atom. The summed E-state index contributed by atoms with van der Waals surface area (Å²) in [6.45, 7) is 17.4. The van der Waals surface area contributed by atoms with E-state index in [1.807, 2.05) is 20.8 Å². The Labute approximate surface area is 142 Å². The lowest BCUT2D eigenvalue weighted by molar-refractivity contribution is -0.00217. The predicted molar refractivity (Wildman–Crippen MR) is 95.1 cm³/mol. The van der Waals surface area contributed by atoms with Crippen LogP contribution in [0.5, 0.6) is 0 Å². The zero-order valence-electron chi connectivity index (χ0n) is 16.1. The summed E-state index contributed by atoms with van der Waals surface area (Å²) < 4.78 is 11.8. The molecule has 5 nitrogen and oxygen atoms in total. The molecule has 1 aliphatic heterocycles. The minimum Gasteiger partial charge on any atom is -0.444 e. The minimum absolute atomic E-state index is 0.101. The quantitative estimate of drug-likeness (QED) is 0.774. The van der Waals surface area contributed by atoms with E-state index in [1.165, 1.54) is 0 Å². The van der Waals surface area contributed by atoms with Gasteiger partial charge in [-0.15, -0.1) is 0 Å². The van der Waals surface area contributed by atoms with Crippen LogP contribution in [-0.4, -0.2) is 55.3 Å². The Morgan fingerprint density at radius 1 is 1.17 bits per heavy atom. The van der Waals surface area contributed by atoms with Gasteiger partial charge in [-0.1, -0.05) is 20.8 Å². The van der Waals surface area contributed by atoms with E-state index in [2.05, 4.69) is 33.9 Å². The summed E-state index contributed by atoms with van der Waals surface area (Å²) in [7, 11) is -1.94. The van der Waals surface area contributed by atoms with Crippen LogP contribution >= 0.6 is 0 Å². The number of rotatable bonds is 2. The largest absolute Gasteiger partial charge is 0.444 e. The third kappa shape index (κ3) is 6.08. The molecule has 0 aromatic carbocycles. The van der Waals surface area contributed by atoms with Gasteiger partial charge in [-0.25, -0.2) is 4.79 Å². The second kappa shape index (κ2) is 7.11. The number of aliphatic hydroxyl groups excluding tert-OH is 1. The number of aliphatic hydroxyl groups is 1. The fourth-order valence-electron chi connectivity index (χ4n) is 2.30. The minimum atomic E-state index is -1.94. The Morgan fingerprint density at radius 2 is 1.74 bits per heavy atom. The first kappa shape index (κ1) is 20.5. The highest BCUT2D eigenvalue weighted by molar-refractivity contribution is 6.74. The molecule has 0 aliphatic carbocycles. The molecule has 0 spiro atoms. The van der Waals surface area contributed by atoms with E-state index in [4.69, 9.17) is 9.16 Å². The van der Waals surface area contributed by atoms with Crippen molar-refractivity contribution in [3.05, 3.63) is 0 Å². The maximum Gasteiger partial charge on any atom is 0.410 e. The van der Waals surface area contributed by atoms with E-state index >= 15 is 0 Å². The summed E-state index contributed by atoms with van der Waals surface area (Å²) in [5, 5.41) is 10.6. The molecule has 1 saturated heterocycles. The average Bonchev–Trinajstić information content (AvgIpc) is 2.48. The van der Waals surface area contributed by atoms with E-state index in [1.54, 1.807) is 4.90 Å². The van der Waals surface area contributed by atoms with Crippen molar-refractivity contribution in [2.24, 2.45) is 0 Å². The molecular formula is C17H35NO4Si. The highest BCUT2D eigenvalue weighted by atomic mass is 28.4. The van der Waals surface area contributed by atoms with Crippen LogP contribution in [0.2, 0.25) is 18.1 Å². The average molecular weight is 346 g/mol. The summed E-state index contributed by atoms with van der Waals surface area (Å²) in [6, 6.07) is 0. The monoisotopic (exact) mass is 345 g/mol. The molecule has 0 saturated carbocycles. The summed E-state index contributed by atoms with van der Waals surface area (Å²) in [6.07, 6.45) is 0.356.